The number of hydrogen-bond donors (Lipinski definition) is 2. The van der Waals surface area contributed by atoms with Crippen molar-refractivity contribution in [1.82, 2.24) is 19.8 Å². The topological polar surface area (TPSA) is 132 Å². The molecule has 0 bridgehead atoms. The number of aromatic nitrogens is 2. The van der Waals surface area contributed by atoms with Gasteiger partial charge in [-0.2, -0.15) is 15.2 Å². The Bertz CT molecular complexity index is 2120. The Balaban J connectivity index is 1.25. The fraction of sp³-hybridized carbons (Fsp3) is 0.500. The lowest BCUT2D eigenvalue weighted by molar-refractivity contribution is -0.151. The summed E-state index contributed by atoms with van der Waals surface area (Å²) in [7, 11) is 0. The van der Waals surface area contributed by atoms with E-state index >= 15 is 4.39 Å². The monoisotopic (exact) mass is 739 g/mol. The molecule has 4 saturated heterocycles. The number of nitrogens with zero attached hydrogens (tertiary/aromatic N) is 6. The van der Waals surface area contributed by atoms with Crippen LogP contribution in [0.2, 0.25) is 5.02 Å². The standard InChI is InChI=1S/C36H37ClF3N7O3S/c1-19(48)33(49)46-16-35(17-46)7-2-3-9-45(15-35)32-22-11-24(37)27(21-5-6-25(39)30-26(21)23(13-41)31(42)51-30)28(40)29(22)43-34(44-32)50-18-36-8-4-10-47(36)14-20(38)12-36/h5-6,11,19-20,48H,2-4,7-10,12,14-18,42H2,1H3/t19-,20+,36-/m0/s1. The summed E-state index contributed by atoms with van der Waals surface area (Å²) in [6, 6.07) is 6.14. The summed E-state index contributed by atoms with van der Waals surface area (Å²) in [5, 5.41) is 20.4. The Labute approximate surface area is 301 Å². The summed E-state index contributed by atoms with van der Waals surface area (Å²) in [4.78, 5) is 27.9. The van der Waals surface area contributed by atoms with Crippen molar-refractivity contribution in [1.29, 1.82) is 5.26 Å². The SMILES string of the molecule is C[C@H](O)C(=O)N1CC2(CCCCN(c3nc(OC[C@@]45CCCN4C[C@H](F)C5)nc4c(F)c(-c5ccc(F)c6sc(N)c(C#N)c56)c(Cl)cc34)C2)C1. The number of rotatable bonds is 6. The minimum absolute atomic E-state index is 0.0161. The number of likely N-dealkylation sites (tertiary alicyclic amines) is 1. The second kappa shape index (κ2) is 12.6. The fourth-order valence-corrected chi connectivity index (χ4v) is 10.1. The van der Waals surface area contributed by atoms with Gasteiger partial charge in [0.15, 0.2) is 5.82 Å². The highest BCUT2D eigenvalue weighted by atomic mass is 35.5. The van der Waals surface area contributed by atoms with Gasteiger partial charge in [0, 0.05) is 60.9 Å². The molecule has 4 fully saturated rings. The van der Waals surface area contributed by atoms with Crippen molar-refractivity contribution in [3.8, 4) is 23.2 Å². The van der Waals surface area contributed by atoms with Gasteiger partial charge in [-0.3, -0.25) is 9.69 Å². The number of alkyl halides is 1. The number of nitrogens with two attached hydrogens (primary N) is 1. The highest BCUT2D eigenvalue weighted by Crippen LogP contribution is 2.47. The first-order valence-corrected chi connectivity index (χ1v) is 18.5. The first-order valence-electron chi connectivity index (χ1n) is 17.3. The normalized spacial score (nSPS) is 23.7. The third kappa shape index (κ3) is 5.64. The van der Waals surface area contributed by atoms with Crippen LogP contribution >= 0.6 is 22.9 Å². The molecule has 2 aromatic heterocycles. The number of aliphatic hydroxyl groups excluding tert-OH is 1. The van der Waals surface area contributed by atoms with Crippen LogP contribution in [0.3, 0.4) is 0 Å². The van der Waals surface area contributed by atoms with E-state index in [-0.39, 0.29) is 66.3 Å². The van der Waals surface area contributed by atoms with E-state index < -0.39 is 29.4 Å². The van der Waals surface area contributed by atoms with Gasteiger partial charge in [0.05, 0.1) is 20.8 Å². The molecule has 3 atom stereocenters. The number of carbonyl (C=O) groups excluding carboxylic acids is 1. The predicted octanol–water partition coefficient (Wildman–Crippen LogP) is 6.05. The van der Waals surface area contributed by atoms with Crippen molar-refractivity contribution in [2.45, 2.75) is 63.3 Å². The van der Waals surface area contributed by atoms with Gasteiger partial charge in [-0.05, 0) is 56.8 Å². The number of anilines is 2. The summed E-state index contributed by atoms with van der Waals surface area (Å²) >= 11 is 7.82. The third-order valence-electron chi connectivity index (χ3n) is 11.2. The maximum Gasteiger partial charge on any atom is 0.319 e. The molecule has 3 N–H and O–H groups in total. The molecule has 4 aliphatic heterocycles. The van der Waals surface area contributed by atoms with E-state index in [4.69, 9.17) is 27.1 Å². The number of ether oxygens (including phenoxy) is 1. The van der Waals surface area contributed by atoms with Gasteiger partial charge in [0.25, 0.3) is 5.91 Å². The van der Waals surface area contributed by atoms with Gasteiger partial charge in [0.2, 0.25) is 0 Å². The zero-order valence-corrected chi connectivity index (χ0v) is 29.6. The van der Waals surface area contributed by atoms with Crippen molar-refractivity contribution in [2.75, 3.05) is 56.5 Å². The summed E-state index contributed by atoms with van der Waals surface area (Å²) in [5.41, 5.74) is 5.45. The van der Waals surface area contributed by atoms with Gasteiger partial charge >= 0.3 is 6.01 Å². The smallest absolute Gasteiger partial charge is 0.319 e. The van der Waals surface area contributed by atoms with Crippen molar-refractivity contribution in [3.05, 3.63) is 40.4 Å². The molecular weight excluding hydrogens is 703 g/mol. The van der Waals surface area contributed by atoms with Gasteiger partial charge < -0.3 is 25.4 Å². The van der Waals surface area contributed by atoms with Crippen molar-refractivity contribution < 1.29 is 27.8 Å². The van der Waals surface area contributed by atoms with Crippen LogP contribution in [-0.4, -0.2) is 94.5 Å². The number of carbonyl (C=O) groups is 1. The molecule has 4 aliphatic rings. The molecule has 0 unspecified atom stereocenters. The number of amides is 1. The Morgan fingerprint density at radius 3 is 2.78 bits per heavy atom. The van der Waals surface area contributed by atoms with Crippen LogP contribution in [0, 0.1) is 28.4 Å². The van der Waals surface area contributed by atoms with E-state index in [1.54, 1.807) is 11.0 Å². The second-order valence-electron chi connectivity index (χ2n) is 14.6. The minimum Gasteiger partial charge on any atom is -0.461 e. The third-order valence-corrected chi connectivity index (χ3v) is 12.5. The van der Waals surface area contributed by atoms with E-state index in [9.17, 15) is 23.9 Å². The van der Waals surface area contributed by atoms with E-state index in [2.05, 4.69) is 14.8 Å². The number of fused-ring (bicyclic) bond motifs is 3. The lowest BCUT2D eigenvalue weighted by Crippen LogP contribution is -2.63. The zero-order chi connectivity index (χ0) is 35.8. The molecule has 51 heavy (non-hydrogen) atoms. The Kier molecular flexibility index (Phi) is 8.48. The van der Waals surface area contributed by atoms with Gasteiger partial charge in [-0.1, -0.05) is 24.1 Å². The molecule has 1 spiro atoms. The van der Waals surface area contributed by atoms with Crippen molar-refractivity contribution in [2.24, 2.45) is 5.41 Å². The molecule has 1 amide bonds. The summed E-state index contributed by atoms with van der Waals surface area (Å²) in [6.45, 7) is 4.79. The Hall–Kier alpha value is -3.90. The molecule has 2 aromatic carbocycles. The average molecular weight is 740 g/mol. The van der Waals surface area contributed by atoms with E-state index in [0.717, 1.165) is 50.0 Å². The molecule has 6 heterocycles. The lowest BCUT2D eigenvalue weighted by Gasteiger charge is -2.51. The number of aliphatic hydroxyl groups is 1. The van der Waals surface area contributed by atoms with Crippen LogP contribution in [0.4, 0.5) is 24.0 Å². The van der Waals surface area contributed by atoms with Crippen LogP contribution in [0.5, 0.6) is 6.01 Å². The largest absolute Gasteiger partial charge is 0.461 e. The summed E-state index contributed by atoms with van der Waals surface area (Å²) in [6.07, 6.45) is 2.58. The quantitative estimate of drug-likeness (QED) is 0.243. The van der Waals surface area contributed by atoms with E-state index in [0.29, 0.717) is 50.3 Å². The molecular formula is C36H37ClF3N7O3S. The number of thiophene rings is 1. The molecule has 4 aromatic rings. The Morgan fingerprint density at radius 1 is 1.22 bits per heavy atom. The zero-order valence-electron chi connectivity index (χ0n) is 28.0. The average Bonchev–Trinajstić information content (AvgIpc) is 3.66. The molecule has 15 heteroatoms. The van der Waals surface area contributed by atoms with Crippen molar-refractivity contribution in [3.63, 3.8) is 0 Å². The molecule has 8 rings (SSSR count). The number of nitriles is 1. The van der Waals surface area contributed by atoms with Crippen LogP contribution in [0.1, 0.15) is 51.0 Å². The van der Waals surface area contributed by atoms with Gasteiger partial charge in [-0.25, -0.2) is 13.2 Å². The van der Waals surface area contributed by atoms with Gasteiger partial charge in [0.1, 0.15) is 47.1 Å². The van der Waals surface area contributed by atoms with Crippen LogP contribution in [0.25, 0.3) is 32.1 Å². The maximum atomic E-state index is 17.2. The summed E-state index contributed by atoms with van der Waals surface area (Å²) in [5.74, 6) is -1.28. The highest BCUT2D eigenvalue weighted by molar-refractivity contribution is 7.23. The number of halogens is 4. The highest BCUT2D eigenvalue weighted by Gasteiger charge is 2.50. The molecule has 0 saturated carbocycles. The van der Waals surface area contributed by atoms with E-state index in [1.165, 1.54) is 19.1 Å². The van der Waals surface area contributed by atoms with Crippen LogP contribution < -0.4 is 15.4 Å². The molecule has 268 valence electrons. The number of benzene rings is 2. The lowest BCUT2D eigenvalue weighted by atomic mass is 9.75. The number of hydrogen-bond acceptors (Lipinski definition) is 10. The maximum absolute atomic E-state index is 17.2. The first-order chi connectivity index (χ1) is 24.4. The minimum atomic E-state index is -1.09. The molecule has 10 nitrogen and oxygen atoms in total. The van der Waals surface area contributed by atoms with Crippen molar-refractivity contribution >= 4 is 60.7 Å². The molecule has 0 aliphatic carbocycles. The van der Waals surface area contributed by atoms with Gasteiger partial charge in [-0.15, -0.1) is 11.3 Å². The van der Waals surface area contributed by atoms with Crippen LogP contribution in [-0.2, 0) is 4.79 Å². The first kappa shape index (κ1) is 34.2. The number of nitrogen functional groups attached to an aromatic ring is 1. The second-order valence-corrected chi connectivity index (χ2v) is 16.1. The predicted molar refractivity (Wildman–Crippen MR) is 190 cm³/mol. The Morgan fingerprint density at radius 2 is 2.02 bits per heavy atom. The van der Waals surface area contributed by atoms with E-state index in [1.807, 2.05) is 6.07 Å². The fourth-order valence-electron chi connectivity index (χ4n) is 8.86. The summed E-state index contributed by atoms with van der Waals surface area (Å²) < 4.78 is 53.1. The van der Waals surface area contributed by atoms with Crippen LogP contribution in [0.15, 0.2) is 18.2 Å². The molecule has 0 radical (unpaired) electrons.